The molecule has 0 fully saturated rings. The van der Waals surface area contributed by atoms with E-state index < -0.39 is 10.5 Å². The van der Waals surface area contributed by atoms with Crippen LogP contribution in [0, 0.1) is 21.4 Å². The van der Waals surface area contributed by atoms with Gasteiger partial charge in [0.05, 0.1) is 10.3 Å². The molecule has 0 aliphatic carbocycles. The summed E-state index contributed by atoms with van der Waals surface area (Å²) in [5, 5.41) is 21.2. The van der Waals surface area contributed by atoms with Crippen molar-refractivity contribution in [2.24, 2.45) is 0 Å². The zero-order valence-corrected chi connectivity index (χ0v) is 9.99. The molecule has 0 spiro atoms. The quantitative estimate of drug-likeness (QED) is 0.292. The number of nitro benzene ring substituents is 1. The van der Waals surface area contributed by atoms with Gasteiger partial charge in [-0.2, -0.15) is 5.26 Å². The monoisotopic (exact) mass is 266 g/mol. The van der Waals surface area contributed by atoms with Crippen LogP contribution in [0.25, 0.3) is 21.7 Å². The highest BCUT2D eigenvalue weighted by atomic mass is 16.6. The van der Waals surface area contributed by atoms with E-state index in [1.165, 1.54) is 12.1 Å². The first-order chi connectivity index (χ1) is 9.61. The van der Waals surface area contributed by atoms with E-state index in [0.29, 0.717) is 16.2 Å². The molecule has 1 heterocycles. The zero-order valence-electron chi connectivity index (χ0n) is 9.99. The lowest BCUT2D eigenvalue weighted by Gasteiger charge is -2.03. The average Bonchev–Trinajstić information content (AvgIpc) is 2.45. The summed E-state index contributed by atoms with van der Waals surface area (Å²) in [7, 11) is 0. The van der Waals surface area contributed by atoms with Crippen LogP contribution in [0.3, 0.4) is 0 Å². The number of rotatable bonds is 1. The molecule has 6 nitrogen and oxygen atoms in total. The number of hydrogen-bond acceptors (Lipinski definition) is 5. The fourth-order valence-electron chi connectivity index (χ4n) is 2.16. The average molecular weight is 266 g/mol. The number of fused-ring (bicyclic) bond motifs is 3. The van der Waals surface area contributed by atoms with Gasteiger partial charge < -0.3 is 4.42 Å². The molecular formula is C14H6N2O4. The molecule has 0 saturated carbocycles. The van der Waals surface area contributed by atoms with Crippen molar-refractivity contribution in [2.45, 2.75) is 0 Å². The Morgan fingerprint density at radius 1 is 1.20 bits per heavy atom. The van der Waals surface area contributed by atoms with Gasteiger partial charge in [-0.25, -0.2) is 4.79 Å². The fourth-order valence-corrected chi connectivity index (χ4v) is 2.16. The molecule has 1 aromatic heterocycles. The lowest BCUT2D eigenvalue weighted by Crippen LogP contribution is -2.03. The van der Waals surface area contributed by atoms with Crippen molar-refractivity contribution < 1.29 is 9.34 Å². The molecular weight excluding hydrogens is 260 g/mol. The maximum Gasteiger partial charge on any atom is 0.354 e. The van der Waals surface area contributed by atoms with Gasteiger partial charge >= 0.3 is 5.63 Å². The standard InChI is InChI=1S/C14H6N2O4/c15-7-9-5-8-6-12(16(18)19)10-3-1-2-4-11(10)13(8)20-14(9)17/h1-6H. The maximum atomic E-state index is 11.6. The lowest BCUT2D eigenvalue weighted by atomic mass is 10.0. The predicted molar refractivity (Wildman–Crippen MR) is 71.4 cm³/mol. The van der Waals surface area contributed by atoms with E-state index in [9.17, 15) is 14.9 Å². The molecule has 0 aliphatic rings. The van der Waals surface area contributed by atoms with Gasteiger partial charge in [-0.15, -0.1) is 0 Å². The fraction of sp³-hybridized carbons (Fsp3) is 0. The summed E-state index contributed by atoms with van der Waals surface area (Å²) in [5.41, 5.74) is -0.776. The van der Waals surface area contributed by atoms with Gasteiger partial charge in [0.2, 0.25) is 0 Å². The summed E-state index contributed by atoms with van der Waals surface area (Å²) >= 11 is 0. The van der Waals surface area contributed by atoms with Gasteiger partial charge in [0.15, 0.2) is 0 Å². The molecule has 0 N–H and O–H groups in total. The first kappa shape index (κ1) is 11.9. The van der Waals surface area contributed by atoms with E-state index in [4.69, 9.17) is 9.68 Å². The first-order valence-electron chi connectivity index (χ1n) is 5.66. The maximum absolute atomic E-state index is 11.6. The number of nitrogens with zero attached hydrogens (tertiary/aromatic N) is 2. The van der Waals surface area contributed by atoms with E-state index in [0.717, 1.165) is 0 Å². The van der Waals surface area contributed by atoms with Crippen LogP contribution in [0.4, 0.5) is 5.69 Å². The summed E-state index contributed by atoms with van der Waals surface area (Å²) in [6.07, 6.45) is 0. The lowest BCUT2D eigenvalue weighted by molar-refractivity contribution is -0.382. The molecule has 20 heavy (non-hydrogen) atoms. The Hall–Kier alpha value is -3.20. The van der Waals surface area contributed by atoms with E-state index in [-0.39, 0.29) is 16.8 Å². The highest BCUT2D eigenvalue weighted by molar-refractivity contribution is 6.08. The number of non-ortho nitro benzene ring substituents is 1. The topological polar surface area (TPSA) is 97.1 Å². The van der Waals surface area contributed by atoms with Crippen molar-refractivity contribution in [1.82, 2.24) is 0 Å². The molecule has 96 valence electrons. The number of nitriles is 1. The third-order valence-electron chi connectivity index (χ3n) is 3.03. The molecule has 0 unspecified atom stereocenters. The van der Waals surface area contributed by atoms with Crippen molar-refractivity contribution in [3.05, 3.63) is 62.5 Å². The van der Waals surface area contributed by atoms with Crippen molar-refractivity contribution in [2.75, 3.05) is 0 Å². The largest absolute Gasteiger partial charge is 0.421 e. The van der Waals surface area contributed by atoms with E-state index in [1.54, 1.807) is 30.3 Å². The van der Waals surface area contributed by atoms with Gasteiger partial charge in [0.25, 0.3) is 5.69 Å². The SMILES string of the molecule is N#Cc1cc2cc([N+](=O)[O-])c3ccccc3c2oc1=O. The summed E-state index contributed by atoms with van der Waals surface area (Å²) in [5.74, 6) is 0. The Morgan fingerprint density at radius 3 is 2.55 bits per heavy atom. The smallest absolute Gasteiger partial charge is 0.354 e. The summed E-state index contributed by atoms with van der Waals surface area (Å²) in [6.45, 7) is 0. The molecule has 0 amide bonds. The normalized spacial score (nSPS) is 10.6. The summed E-state index contributed by atoms with van der Waals surface area (Å²) in [6, 6.07) is 10.9. The van der Waals surface area contributed by atoms with Gasteiger partial charge in [0.1, 0.15) is 17.2 Å². The molecule has 6 heteroatoms. The summed E-state index contributed by atoms with van der Waals surface area (Å²) < 4.78 is 5.13. The molecule has 0 radical (unpaired) electrons. The minimum absolute atomic E-state index is 0.0918. The van der Waals surface area contributed by atoms with Crippen LogP contribution < -0.4 is 5.63 Å². The third-order valence-corrected chi connectivity index (χ3v) is 3.03. The number of nitro groups is 1. The highest BCUT2D eigenvalue weighted by Crippen LogP contribution is 2.32. The van der Waals surface area contributed by atoms with E-state index >= 15 is 0 Å². The van der Waals surface area contributed by atoms with Crippen LogP contribution in [-0.4, -0.2) is 4.92 Å². The second kappa shape index (κ2) is 4.17. The Bertz CT molecular complexity index is 966. The third kappa shape index (κ3) is 1.61. The van der Waals surface area contributed by atoms with Crippen molar-refractivity contribution in [3.63, 3.8) is 0 Å². The van der Waals surface area contributed by atoms with E-state index in [2.05, 4.69) is 0 Å². The van der Waals surface area contributed by atoms with Crippen LogP contribution in [0.15, 0.2) is 45.6 Å². The van der Waals surface area contributed by atoms with Gasteiger partial charge in [-0.3, -0.25) is 10.1 Å². The van der Waals surface area contributed by atoms with Crippen molar-refractivity contribution in [1.29, 1.82) is 5.26 Å². The molecule has 0 saturated heterocycles. The molecule has 0 aliphatic heterocycles. The predicted octanol–water partition coefficient (Wildman–Crippen LogP) is 2.73. The number of benzene rings is 2. The zero-order chi connectivity index (χ0) is 14.3. The molecule has 0 bridgehead atoms. The van der Waals surface area contributed by atoms with Crippen LogP contribution in [0.1, 0.15) is 5.56 Å². The van der Waals surface area contributed by atoms with Gasteiger partial charge in [-0.1, -0.05) is 18.2 Å². The van der Waals surface area contributed by atoms with Crippen LogP contribution >= 0.6 is 0 Å². The second-order valence-corrected chi connectivity index (χ2v) is 4.18. The van der Waals surface area contributed by atoms with Gasteiger partial charge in [-0.05, 0) is 12.1 Å². The molecule has 3 rings (SSSR count). The van der Waals surface area contributed by atoms with Crippen LogP contribution in [-0.2, 0) is 0 Å². The minimum Gasteiger partial charge on any atom is -0.421 e. The highest BCUT2D eigenvalue weighted by Gasteiger charge is 2.17. The van der Waals surface area contributed by atoms with Crippen molar-refractivity contribution >= 4 is 27.4 Å². The summed E-state index contributed by atoms with van der Waals surface area (Å²) in [4.78, 5) is 22.2. The van der Waals surface area contributed by atoms with Crippen LogP contribution in [0.5, 0.6) is 0 Å². The first-order valence-corrected chi connectivity index (χ1v) is 5.66. The Morgan fingerprint density at radius 2 is 1.90 bits per heavy atom. The minimum atomic E-state index is -0.751. The Labute approximate surface area is 111 Å². The van der Waals surface area contributed by atoms with Crippen LogP contribution in [0.2, 0.25) is 0 Å². The molecule has 3 aromatic rings. The molecule has 2 aromatic carbocycles. The Kier molecular flexibility index (Phi) is 2.48. The Balaban J connectivity index is 2.60. The van der Waals surface area contributed by atoms with E-state index in [1.807, 2.05) is 0 Å². The number of hydrogen-bond donors (Lipinski definition) is 0. The second-order valence-electron chi connectivity index (χ2n) is 4.18. The van der Waals surface area contributed by atoms with Crippen molar-refractivity contribution in [3.8, 4) is 6.07 Å². The van der Waals surface area contributed by atoms with Gasteiger partial charge in [0, 0.05) is 16.8 Å². The molecule has 0 atom stereocenters.